The number of nitrogens with one attached hydrogen (secondary N) is 2. The predicted octanol–water partition coefficient (Wildman–Crippen LogP) is 0.942. The van der Waals surface area contributed by atoms with Crippen LogP contribution in [0.4, 0.5) is 0 Å². The van der Waals surface area contributed by atoms with Gasteiger partial charge in [-0.3, -0.25) is 0 Å². The number of hydrogen-bond acceptors (Lipinski definition) is 4. The van der Waals surface area contributed by atoms with Gasteiger partial charge in [-0.05, 0) is 38.4 Å². The Labute approximate surface area is 108 Å². The van der Waals surface area contributed by atoms with Crippen LogP contribution >= 0.6 is 11.8 Å². The molecule has 100 valence electrons. The molecule has 2 fully saturated rings. The predicted molar refractivity (Wildman–Crippen MR) is 72.9 cm³/mol. The van der Waals surface area contributed by atoms with E-state index in [1.54, 1.807) is 6.92 Å². The molecule has 0 radical (unpaired) electrons. The highest BCUT2D eigenvalue weighted by atomic mass is 32.2. The summed E-state index contributed by atoms with van der Waals surface area (Å²) in [6.45, 7) is 2.35. The molecule has 0 amide bonds. The molecule has 0 aromatic rings. The molecule has 0 aromatic heterocycles. The second-order valence-electron chi connectivity index (χ2n) is 5.07. The van der Waals surface area contributed by atoms with Crippen LogP contribution in [-0.4, -0.2) is 43.8 Å². The molecule has 2 N–H and O–H groups in total. The molecule has 2 atom stereocenters. The lowest BCUT2D eigenvalue weighted by molar-refractivity contribution is 0.526. The third-order valence-corrected chi connectivity index (χ3v) is 6.40. The average molecular weight is 278 g/mol. The molecule has 1 saturated carbocycles. The van der Waals surface area contributed by atoms with Crippen molar-refractivity contribution in [1.82, 2.24) is 10.0 Å². The molecule has 1 saturated heterocycles. The van der Waals surface area contributed by atoms with Crippen molar-refractivity contribution < 1.29 is 8.42 Å². The second-order valence-corrected chi connectivity index (χ2v) is 8.35. The minimum atomic E-state index is -3.15. The third kappa shape index (κ3) is 4.43. The molecule has 1 aliphatic carbocycles. The van der Waals surface area contributed by atoms with Crippen molar-refractivity contribution in [3.8, 4) is 0 Å². The first-order valence-corrected chi connectivity index (χ1v) is 9.10. The molecule has 1 aliphatic heterocycles. The largest absolute Gasteiger partial charge is 0.313 e. The molecule has 6 heteroatoms. The summed E-state index contributed by atoms with van der Waals surface area (Å²) >= 11 is 1.84. The van der Waals surface area contributed by atoms with E-state index in [0.29, 0.717) is 12.6 Å². The van der Waals surface area contributed by atoms with Gasteiger partial charge in [-0.25, -0.2) is 13.1 Å². The Bertz CT molecular complexity index is 335. The van der Waals surface area contributed by atoms with Gasteiger partial charge < -0.3 is 5.32 Å². The highest BCUT2D eigenvalue weighted by molar-refractivity contribution is 7.99. The molecular weight excluding hydrogens is 256 g/mol. The second kappa shape index (κ2) is 5.91. The van der Waals surface area contributed by atoms with Gasteiger partial charge in [0.15, 0.2) is 0 Å². The van der Waals surface area contributed by atoms with Gasteiger partial charge in [0.05, 0.1) is 5.25 Å². The SMILES string of the molecule is CC(CNC1CC1)S(=O)(=O)NC1CCCSC1. The quantitative estimate of drug-likeness (QED) is 0.759. The van der Waals surface area contributed by atoms with Crippen molar-refractivity contribution in [3.05, 3.63) is 0 Å². The maximum absolute atomic E-state index is 12.1. The first kappa shape index (κ1) is 13.6. The Kier molecular flexibility index (Phi) is 4.74. The lowest BCUT2D eigenvalue weighted by atomic mass is 10.2. The van der Waals surface area contributed by atoms with Crippen LogP contribution in [0.1, 0.15) is 32.6 Å². The zero-order valence-electron chi connectivity index (χ0n) is 10.3. The van der Waals surface area contributed by atoms with Crippen LogP contribution in [0, 0.1) is 0 Å². The van der Waals surface area contributed by atoms with Crippen molar-refractivity contribution in [2.45, 2.75) is 49.9 Å². The zero-order chi connectivity index (χ0) is 12.3. The molecule has 0 spiro atoms. The molecule has 2 rings (SSSR count). The molecule has 2 aliphatic rings. The monoisotopic (exact) mass is 278 g/mol. The Balaban J connectivity index is 1.78. The van der Waals surface area contributed by atoms with Crippen LogP contribution in [0.15, 0.2) is 0 Å². The highest BCUT2D eigenvalue weighted by Gasteiger charge is 2.28. The van der Waals surface area contributed by atoms with Gasteiger partial charge in [0.1, 0.15) is 0 Å². The molecular formula is C11H22N2O2S2. The van der Waals surface area contributed by atoms with Crippen LogP contribution in [-0.2, 0) is 10.0 Å². The van der Waals surface area contributed by atoms with Gasteiger partial charge in [0, 0.05) is 24.4 Å². The summed E-state index contributed by atoms with van der Waals surface area (Å²) in [5, 5.41) is 2.94. The maximum atomic E-state index is 12.1. The fourth-order valence-corrected chi connectivity index (χ4v) is 4.30. The molecule has 0 bridgehead atoms. The molecule has 17 heavy (non-hydrogen) atoms. The van der Waals surface area contributed by atoms with Gasteiger partial charge in [0.25, 0.3) is 0 Å². The van der Waals surface area contributed by atoms with Crippen molar-refractivity contribution >= 4 is 21.8 Å². The molecule has 4 nitrogen and oxygen atoms in total. The van der Waals surface area contributed by atoms with Crippen LogP contribution in [0.3, 0.4) is 0 Å². The maximum Gasteiger partial charge on any atom is 0.215 e. The number of sulfonamides is 1. The molecule has 0 aromatic carbocycles. The van der Waals surface area contributed by atoms with Gasteiger partial charge in [-0.15, -0.1) is 0 Å². The summed E-state index contributed by atoms with van der Waals surface area (Å²) in [4.78, 5) is 0. The molecule has 1 heterocycles. The Morgan fingerprint density at radius 1 is 1.29 bits per heavy atom. The van der Waals surface area contributed by atoms with Gasteiger partial charge in [0.2, 0.25) is 10.0 Å². The normalized spacial score (nSPS) is 27.9. The van der Waals surface area contributed by atoms with Crippen molar-refractivity contribution in [2.24, 2.45) is 0 Å². The standard InChI is InChI=1S/C11H22N2O2S2/c1-9(7-12-10-4-5-10)17(14,15)13-11-3-2-6-16-8-11/h9-13H,2-8H2,1H3. The molecule has 2 unspecified atom stereocenters. The lowest BCUT2D eigenvalue weighted by Crippen LogP contribution is -2.45. The number of hydrogen-bond donors (Lipinski definition) is 2. The Morgan fingerprint density at radius 3 is 2.65 bits per heavy atom. The Morgan fingerprint density at radius 2 is 2.06 bits per heavy atom. The van der Waals surface area contributed by atoms with Gasteiger partial charge in [-0.2, -0.15) is 11.8 Å². The van der Waals surface area contributed by atoms with E-state index < -0.39 is 10.0 Å². The topological polar surface area (TPSA) is 58.2 Å². The summed E-state index contributed by atoms with van der Waals surface area (Å²) < 4.78 is 27.0. The van der Waals surface area contributed by atoms with E-state index in [-0.39, 0.29) is 11.3 Å². The van der Waals surface area contributed by atoms with Crippen LogP contribution < -0.4 is 10.0 Å². The summed E-state index contributed by atoms with van der Waals surface area (Å²) in [5.74, 6) is 2.08. The van der Waals surface area contributed by atoms with E-state index in [1.807, 2.05) is 11.8 Å². The number of thioether (sulfide) groups is 1. The Hall–Kier alpha value is 0.220. The van der Waals surface area contributed by atoms with Crippen molar-refractivity contribution in [1.29, 1.82) is 0 Å². The van der Waals surface area contributed by atoms with E-state index in [2.05, 4.69) is 10.0 Å². The first-order valence-electron chi connectivity index (χ1n) is 6.40. The first-order chi connectivity index (χ1) is 8.08. The average Bonchev–Trinajstić information content (AvgIpc) is 3.10. The van der Waals surface area contributed by atoms with Crippen molar-refractivity contribution in [2.75, 3.05) is 18.1 Å². The summed E-state index contributed by atoms with van der Waals surface area (Å²) in [6, 6.07) is 0.708. The minimum absolute atomic E-state index is 0.141. The van der Waals surface area contributed by atoms with Gasteiger partial charge in [-0.1, -0.05) is 0 Å². The minimum Gasteiger partial charge on any atom is -0.313 e. The van der Waals surface area contributed by atoms with Crippen LogP contribution in [0.5, 0.6) is 0 Å². The summed E-state index contributed by atoms with van der Waals surface area (Å²) in [5.41, 5.74) is 0. The fraction of sp³-hybridized carbons (Fsp3) is 1.00. The van der Waals surface area contributed by atoms with E-state index in [1.165, 1.54) is 12.8 Å². The fourth-order valence-electron chi connectivity index (χ4n) is 1.91. The van der Waals surface area contributed by atoms with Crippen molar-refractivity contribution in [3.63, 3.8) is 0 Å². The smallest absolute Gasteiger partial charge is 0.215 e. The lowest BCUT2D eigenvalue weighted by Gasteiger charge is -2.24. The van der Waals surface area contributed by atoms with E-state index in [9.17, 15) is 8.42 Å². The van der Waals surface area contributed by atoms with Crippen LogP contribution in [0.2, 0.25) is 0 Å². The number of rotatable bonds is 6. The van der Waals surface area contributed by atoms with Gasteiger partial charge >= 0.3 is 0 Å². The van der Waals surface area contributed by atoms with E-state index >= 15 is 0 Å². The zero-order valence-corrected chi connectivity index (χ0v) is 11.9. The summed E-state index contributed by atoms with van der Waals surface area (Å²) in [7, 11) is -3.15. The van der Waals surface area contributed by atoms with E-state index in [0.717, 1.165) is 24.3 Å². The summed E-state index contributed by atoms with van der Waals surface area (Å²) in [6.07, 6.45) is 4.49. The van der Waals surface area contributed by atoms with Crippen LogP contribution in [0.25, 0.3) is 0 Å². The van der Waals surface area contributed by atoms with E-state index in [4.69, 9.17) is 0 Å². The highest BCUT2D eigenvalue weighted by Crippen LogP contribution is 2.20. The third-order valence-electron chi connectivity index (χ3n) is 3.29.